The van der Waals surface area contributed by atoms with Crippen LogP contribution in [-0.4, -0.2) is 30.7 Å². The van der Waals surface area contributed by atoms with E-state index in [1.165, 1.54) is 0 Å². The van der Waals surface area contributed by atoms with Crippen molar-refractivity contribution in [2.24, 2.45) is 0 Å². The largest absolute Gasteiger partial charge is 0.435 e. The summed E-state index contributed by atoms with van der Waals surface area (Å²) in [7, 11) is 0. The van der Waals surface area contributed by atoms with Gasteiger partial charge < -0.3 is 10.1 Å². The van der Waals surface area contributed by atoms with Crippen molar-refractivity contribution in [2.75, 3.05) is 5.32 Å². The zero-order valence-electron chi connectivity index (χ0n) is 21.3. The van der Waals surface area contributed by atoms with Gasteiger partial charge in [0.1, 0.15) is 11.6 Å². The molecule has 0 fully saturated rings. The summed E-state index contributed by atoms with van der Waals surface area (Å²) in [5, 5.41) is 1.84. The molecule has 0 radical (unpaired) electrons. The molecule has 0 aliphatic carbocycles. The summed E-state index contributed by atoms with van der Waals surface area (Å²) in [4.78, 5) is 25.3. The maximum Gasteiger partial charge on any atom is 0.435 e. The average molecular weight is 732 g/mol. The summed E-state index contributed by atoms with van der Waals surface area (Å²) in [6.45, 7) is -3.91. The average Bonchev–Trinajstić information content (AvgIpc) is 2.88. The second-order valence-electron chi connectivity index (χ2n) is 8.88. The third kappa shape index (κ3) is 7.33. The number of carbonyl (C=O) groups is 2. The first-order valence-electron chi connectivity index (χ1n) is 11.6. The lowest BCUT2D eigenvalue weighted by atomic mass is 9.91. The van der Waals surface area contributed by atoms with E-state index in [0.29, 0.717) is 12.1 Å². The maximum absolute atomic E-state index is 15.2. The fourth-order valence-electron chi connectivity index (χ4n) is 3.85. The SMILES string of the molecule is O=C(Nc1cccc(C(=O)Cc2c(Br)cc(C(F)(C(F)(F)F)C(F)(F)F)cc2OC(F)F)c1F)c1ccc(F)c(C(F)(F)F)c1. The van der Waals surface area contributed by atoms with E-state index in [2.05, 4.69) is 20.7 Å². The number of ketones is 1. The molecule has 45 heavy (non-hydrogen) atoms. The molecule has 0 atom stereocenters. The first-order chi connectivity index (χ1) is 20.5. The second kappa shape index (κ2) is 12.5. The van der Waals surface area contributed by atoms with Gasteiger partial charge in [-0.05, 0) is 42.5 Å². The second-order valence-corrected chi connectivity index (χ2v) is 9.74. The van der Waals surface area contributed by atoms with Crippen LogP contribution in [0.5, 0.6) is 5.75 Å². The van der Waals surface area contributed by atoms with Gasteiger partial charge in [-0.3, -0.25) is 9.59 Å². The van der Waals surface area contributed by atoms with E-state index in [4.69, 9.17) is 0 Å². The number of benzene rings is 3. The fourth-order valence-corrected chi connectivity index (χ4v) is 4.43. The molecule has 1 amide bonds. The summed E-state index contributed by atoms with van der Waals surface area (Å²) in [5.74, 6) is -7.59. The van der Waals surface area contributed by atoms with Crippen LogP contribution in [0.4, 0.5) is 67.2 Å². The Bertz CT molecular complexity index is 1600. The molecule has 3 aromatic rings. The van der Waals surface area contributed by atoms with Crippen LogP contribution in [0.1, 0.15) is 37.4 Å². The van der Waals surface area contributed by atoms with Gasteiger partial charge in [0.2, 0.25) is 0 Å². The van der Waals surface area contributed by atoms with Gasteiger partial charge in [-0.2, -0.15) is 48.3 Å². The van der Waals surface area contributed by atoms with Crippen molar-refractivity contribution >= 4 is 33.3 Å². The van der Waals surface area contributed by atoms with Crippen LogP contribution in [0, 0.1) is 11.6 Å². The third-order valence-corrected chi connectivity index (χ3v) is 6.68. The van der Waals surface area contributed by atoms with Crippen molar-refractivity contribution in [3.63, 3.8) is 0 Å². The molecule has 1 N–H and O–H groups in total. The Morgan fingerprint density at radius 1 is 0.844 bits per heavy atom. The number of amides is 1. The van der Waals surface area contributed by atoms with E-state index < -0.39 is 104 Å². The Kier molecular flexibility index (Phi) is 9.86. The Morgan fingerprint density at radius 2 is 1.44 bits per heavy atom. The summed E-state index contributed by atoms with van der Waals surface area (Å²) in [6.07, 6.45) is -19.7. The third-order valence-electron chi connectivity index (χ3n) is 5.97. The molecule has 0 bridgehead atoms. The lowest BCUT2D eigenvalue weighted by Gasteiger charge is -2.31. The normalized spacial score (nSPS) is 12.8. The number of halogens is 15. The van der Waals surface area contributed by atoms with Crippen LogP contribution in [0.25, 0.3) is 0 Å². The van der Waals surface area contributed by atoms with Crippen LogP contribution in [0.15, 0.2) is 53.0 Å². The van der Waals surface area contributed by atoms with Gasteiger partial charge in [0.05, 0.1) is 16.8 Å². The van der Waals surface area contributed by atoms with Crippen LogP contribution in [0.2, 0.25) is 0 Å². The summed E-state index contributed by atoms with van der Waals surface area (Å²) in [5.41, 5.74) is -13.6. The van der Waals surface area contributed by atoms with Crippen LogP contribution in [0.3, 0.4) is 0 Å². The highest BCUT2D eigenvalue weighted by atomic mass is 79.9. The highest BCUT2D eigenvalue weighted by Crippen LogP contribution is 2.54. The Labute approximate surface area is 250 Å². The number of hydrogen-bond acceptors (Lipinski definition) is 3. The number of alkyl halides is 12. The molecule has 0 saturated carbocycles. The van der Waals surface area contributed by atoms with Gasteiger partial charge >= 0.3 is 30.8 Å². The van der Waals surface area contributed by atoms with E-state index in [1.54, 1.807) is 0 Å². The van der Waals surface area contributed by atoms with Gasteiger partial charge in [-0.25, -0.2) is 13.2 Å². The van der Waals surface area contributed by atoms with Crippen molar-refractivity contribution in [3.05, 3.63) is 92.5 Å². The van der Waals surface area contributed by atoms with Gasteiger partial charge in [0, 0.05) is 27.6 Å². The van der Waals surface area contributed by atoms with Crippen molar-refractivity contribution < 1.29 is 75.8 Å². The zero-order chi connectivity index (χ0) is 34.3. The van der Waals surface area contributed by atoms with Crippen LogP contribution in [-0.2, 0) is 18.3 Å². The summed E-state index contributed by atoms with van der Waals surface area (Å²) < 4.78 is 191. The monoisotopic (exact) mass is 731 g/mol. The van der Waals surface area contributed by atoms with E-state index in [9.17, 15) is 66.7 Å². The van der Waals surface area contributed by atoms with Gasteiger partial charge in [0.25, 0.3) is 5.91 Å². The van der Waals surface area contributed by atoms with E-state index in [0.717, 1.165) is 18.2 Å². The predicted octanol–water partition coefficient (Wildman–Crippen LogP) is 9.31. The Hall–Kier alpha value is -3.90. The molecule has 4 nitrogen and oxygen atoms in total. The van der Waals surface area contributed by atoms with Crippen LogP contribution < -0.4 is 10.1 Å². The molecule has 0 saturated heterocycles. The lowest BCUT2D eigenvalue weighted by Crippen LogP contribution is -2.50. The summed E-state index contributed by atoms with van der Waals surface area (Å²) >= 11 is 2.50. The molecule has 0 aromatic heterocycles. The van der Waals surface area contributed by atoms with Crippen molar-refractivity contribution in [2.45, 2.75) is 37.2 Å². The topological polar surface area (TPSA) is 55.4 Å². The first-order valence-corrected chi connectivity index (χ1v) is 12.4. The molecule has 0 aliphatic rings. The molecule has 3 rings (SSSR count). The van der Waals surface area contributed by atoms with Crippen molar-refractivity contribution in [1.82, 2.24) is 0 Å². The minimum Gasteiger partial charge on any atom is -0.434 e. The predicted molar refractivity (Wildman–Crippen MR) is 129 cm³/mol. The van der Waals surface area contributed by atoms with Crippen LogP contribution >= 0.6 is 15.9 Å². The fraction of sp³-hybridized carbons (Fsp3) is 0.231. The quantitative estimate of drug-likeness (QED) is 0.186. The highest BCUT2D eigenvalue weighted by molar-refractivity contribution is 9.10. The number of carbonyl (C=O) groups excluding carboxylic acids is 2. The molecule has 244 valence electrons. The zero-order valence-corrected chi connectivity index (χ0v) is 22.9. The van der Waals surface area contributed by atoms with Gasteiger partial charge in [-0.15, -0.1) is 0 Å². The Balaban J connectivity index is 2.00. The molecule has 3 aromatic carbocycles. The lowest BCUT2D eigenvalue weighted by molar-refractivity contribution is -0.348. The Morgan fingerprint density at radius 3 is 1.98 bits per heavy atom. The maximum atomic E-state index is 15.2. The van der Waals surface area contributed by atoms with Gasteiger partial charge in [-0.1, -0.05) is 22.0 Å². The van der Waals surface area contributed by atoms with Crippen molar-refractivity contribution in [3.8, 4) is 5.75 Å². The number of ether oxygens (including phenoxy) is 1. The van der Waals surface area contributed by atoms with Gasteiger partial charge in [0.15, 0.2) is 11.6 Å². The summed E-state index contributed by atoms with van der Waals surface area (Å²) in [6, 6.07) is 3.11. The number of anilines is 1. The van der Waals surface area contributed by atoms with E-state index in [1.807, 2.05) is 5.32 Å². The minimum atomic E-state index is -6.64. The highest BCUT2D eigenvalue weighted by Gasteiger charge is 2.73. The van der Waals surface area contributed by atoms with E-state index >= 15 is 4.39 Å². The smallest absolute Gasteiger partial charge is 0.434 e. The van der Waals surface area contributed by atoms with E-state index in [-0.39, 0.29) is 18.2 Å². The standard InChI is InChI=1S/C26H12BrF14NO3/c27-15-7-11(23(32,25(36,37)38)26(39,40)41)8-19(45-22(30)31)13(15)9-18(43)12-2-1-3-17(20(12)29)42-21(44)10-4-5-16(28)14(6-10)24(33,34)35/h1-8,22H,9H2,(H,42,44). The molecular formula is C26H12BrF14NO3. The minimum absolute atomic E-state index is 0.0905. The molecular weight excluding hydrogens is 720 g/mol. The molecule has 19 heteroatoms. The molecule has 0 aliphatic heterocycles. The number of hydrogen-bond donors (Lipinski definition) is 1. The molecule has 0 unspecified atom stereocenters. The number of nitrogens with one attached hydrogen (secondary N) is 1. The molecule has 0 heterocycles. The molecule has 0 spiro atoms. The number of Topliss-reactive ketones (excluding diaryl/α,β-unsaturated/α-hetero) is 1. The first kappa shape index (κ1) is 35.6. The van der Waals surface area contributed by atoms with Crippen molar-refractivity contribution in [1.29, 1.82) is 0 Å². The number of rotatable bonds is 8.